The van der Waals surface area contributed by atoms with E-state index in [2.05, 4.69) is 26.0 Å². The molecule has 0 radical (unpaired) electrons. The average molecular weight is 476 g/mol. The van der Waals surface area contributed by atoms with Gasteiger partial charge < -0.3 is 14.8 Å². The van der Waals surface area contributed by atoms with Gasteiger partial charge in [-0.25, -0.2) is 13.1 Å². The van der Waals surface area contributed by atoms with Crippen molar-refractivity contribution in [2.24, 2.45) is 0 Å². The molecule has 1 saturated carbocycles. The topological polar surface area (TPSA) is 76.7 Å². The second kappa shape index (κ2) is 8.68. The zero-order valence-corrected chi connectivity index (χ0v) is 17.8. The summed E-state index contributed by atoms with van der Waals surface area (Å²) in [7, 11) is -1.98. The lowest BCUT2D eigenvalue weighted by atomic mass is 10.3. The maximum absolute atomic E-state index is 12.4. The van der Waals surface area contributed by atoms with Crippen molar-refractivity contribution in [3.05, 3.63) is 45.9 Å². The third kappa shape index (κ3) is 5.51. The minimum atomic E-state index is -3.52. The molecule has 0 atom stereocenters. The number of sulfonamides is 1. The van der Waals surface area contributed by atoms with Crippen LogP contribution >= 0.6 is 27.5 Å². The quantitative estimate of drug-likeness (QED) is 0.535. The third-order valence-electron chi connectivity index (χ3n) is 3.95. The van der Waals surface area contributed by atoms with Crippen LogP contribution in [-0.4, -0.2) is 34.7 Å². The molecular weight excluding hydrogens is 456 g/mol. The zero-order chi connectivity index (χ0) is 19.4. The summed E-state index contributed by atoms with van der Waals surface area (Å²) in [5, 5.41) is 3.78. The highest BCUT2D eigenvalue weighted by atomic mass is 79.9. The Morgan fingerprint density at radius 2 is 1.93 bits per heavy atom. The van der Waals surface area contributed by atoms with Crippen LogP contribution in [0.2, 0.25) is 5.02 Å². The lowest BCUT2D eigenvalue weighted by Crippen LogP contribution is -2.25. The summed E-state index contributed by atoms with van der Waals surface area (Å²) in [6.45, 7) is 0.839. The van der Waals surface area contributed by atoms with Gasteiger partial charge in [0, 0.05) is 17.6 Å². The fourth-order valence-corrected chi connectivity index (χ4v) is 4.55. The first-order valence-electron chi connectivity index (χ1n) is 8.41. The fourth-order valence-electron chi connectivity index (χ4n) is 2.42. The minimum absolute atomic E-state index is 0.0553. The van der Waals surface area contributed by atoms with Gasteiger partial charge in [0.05, 0.1) is 22.2 Å². The first-order chi connectivity index (χ1) is 12.9. The van der Waals surface area contributed by atoms with E-state index in [0.29, 0.717) is 35.4 Å². The summed E-state index contributed by atoms with van der Waals surface area (Å²) < 4.78 is 39.3. The van der Waals surface area contributed by atoms with Crippen molar-refractivity contribution in [1.82, 2.24) is 4.72 Å². The Kier molecular flexibility index (Phi) is 6.52. The van der Waals surface area contributed by atoms with E-state index in [4.69, 9.17) is 21.1 Å². The molecule has 0 bridgehead atoms. The Balaban J connectivity index is 1.63. The summed E-state index contributed by atoms with van der Waals surface area (Å²) in [4.78, 5) is 0.207. The average Bonchev–Trinajstić information content (AvgIpc) is 3.43. The normalized spacial score (nSPS) is 14.0. The predicted molar refractivity (Wildman–Crippen MR) is 109 cm³/mol. The van der Waals surface area contributed by atoms with Gasteiger partial charge in [-0.05, 0) is 65.2 Å². The monoisotopic (exact) mass is 474 g/mol. The number of methoxy groups -OCH3 is 1. The summed E-state index contributed by atoms with van der Waals surface area (Å²) in [6.07, 6.45) is 1.77. The molecule has 27 heavy (non-hydrogen) atoms. The van der Waals surface area contributed by atoms with Crippen molar-refractivity contribution in [3.63, 3.8) is 0 Å². The van der Waals surface area contributed by atoms with Gasteiger partial charge in [0.1, 0.15) is 18.1 Å². The minimum Gasteiger partial charge on any atom is -0.495 e. The molecule has 1 aliphatic rings. The van der Waals surface area contributed by atoms with Crippen molar-refractivity contribution >= 4 is 43.2 Å². The third-order valence-corrected chi connectivity index (χ3v) is 6.32. The largest absolute Gasteiger partial charge is 0.495 e. The Labute approximate surface area is 172 Å². The highest BCUT2D eigenvalue weighted by Crippen LogP contribution is 2.30. The van der Waals surface area contributed by atoms with Crippen LogP contribution in [0, 0.1) is 0 Å². The number of hydrogen-bond acceptors (Lipinski definition) is 5. The number of nitrogens with one attached hydrogen (secondary N) is 2. The van der Waals surface area contributed by atoms with Crippen molar-refractivity contribution in [3.8, 4) is 11.5 Å². The Morgan fingerprint density at radius 3 is 2.59 bits per heavy atom. The van der Waals surface area contributed by atoms with Gasteiger partial charge in [0.25, 0.3) is 0 Å². The molecule has 0 amide bonds. The molecule has 0 aromatic heterocycles. The Hall–Kier alpha value is -1.48. The second-order valence-corrected chi connectivity index (χ2v) is 9.11. The first kappa shape index (κ1) is 20.3. The van der Waals surface area contributed by atoms with Crippen LogP contribution in [0.5, 0.6) is 11.5 Å². The van der Waals surface area contributed by atoms with Crippen LogP contribution in [-0.2, 0) is 10.0 Å². The maximum Gasteiger partial charge on any atom is 0.240 e. The molecule has 0 aliphatic heterocycles. The molecule has 0 saturated heterocycles. The Morgan fingerprint density at radius 1 is 1.19 bits per heavy atom. The van der Waals surface area contributed by atoms with Crippen LogP contribution in [0.3, 0.4) is 0 Å². The number of ether oxygens (including phenoxy) is 2. The van der Waals surface area contributed by atoms with Gasteiger partial charge >= 0.3 is 0 Å². The number of anilines is 1. The lowest BCUT2D eigenvalue weighted by Gasteiger charge is -2.14. The molecule has 2 aromatic rings. The van der Waals surface area contributed by atoms with Crippen molar-refractivity contribution in [2.45, 2.75) is 23.8 Å². The molecular formula is C18H20BrClN2O4S. The molecule has 3 rings (SSSR count). The van der Waals surface area contributed by atoms with Crippen molar-refractivity contribution in [1.29, 1.82) is 0 Å². The zero-order valence-electron chi connectivity index (χ0n) is 14.7. The SMILES string of the molecule is COc1ccc(S(=O)(=O)NC2CC2)cc1NCCOc1ccc(Cl)cc1Br. The van der Waals surface area contributed by atoms with Crippen LogP contribution in [0.25, 0.3) is 0 Å². The van der Waals surface area contributed by atoms with E-state index in [1.165, 1.54) is 6.07 Å². The van der Waals surface area contributed by atoms with E-state index in [9.17, 15) is 8.42 Å². The standard InChI is InChI=1S/C18H20BrClN2O4S/c1-25-18-7-5-14(27(23,24)22-13-3-4-13)11-16(18)21-8-9-26-17-6-2-12(20)10-15(17)19/h2,5-7,10-11,13,21-22H,3-4,8-9H2,1H3. The van der Waals surface area contributed by atoms with E-state index >= 15 is 0 Å². The molecule has 0 heterocycles. The number of halogens is 2. The van der Waals surface area contributed by atoms with Gasteiger partial charge in [-0.2, -0.15) is 0 Å². The van der Waals surface area contributed by atoms with E-state index in [1.54, 1.807) is 37.4 Å². The number of hydrogen-bond donors (Lipinski definition) is 2. The lowest BCUT2D eigenvalue weighted by molar-refractivity contribution is 0.330. The molecule has 0 unspecified atom stereocenters. The highest BCUT2D eigenvalue weighted by molar-refractivity contribution is 9.10. The molecule has 2 aromatic carbocycles. The summed E-state index contributed by atoms with van der Waals surface area (Å²) in [6, 6.07) is 10.1. The van der Waals surface area contributed by atoms with Gasteiger partial charge in [-0.1, -0.05) is 11.6 Å². The molecule has 1 aliphatic carbocycles. The van der Waals surface area contributed by atoms with E-state index in [0.717, 1.165) is 17.3 Å². The first-order valence-corrected chi connectivity index (χ1v) is 11.1. The number of rotatable bonds is 9. The van der Waals surface area contributed by atoms with Crippen LogP contribution in [0.4, 0.5) is 5.69 Å². The molecule has 9 heteroatoms. The van der Waals surface area contributed by atoms with Gasteiger partial charge in [-0.3, -0.25) is 0 Å². The smallest absolute Gasteiger partial charge is 0.240 e. The van der Waals surface area contributed by atoms with Gasteiger partial charge in [0.2, 0.25) is 10.0 Å². The molecule has 146 valence electrons. The summed E-state index contributed by atoms with van der Waals surface area (Å²) in [5.41, 5.74) is 0.593. The highest BCUT2D eigenvalue weighted by Gasteiger charge is 2.28. The van der Waals surface area contributed by atoms with Crippen LogP contribution < -0.4 is 19.5 Å². The number of benzene rings is 2. The van der Waals surface area contributed by atoms with Gasteiger partial charge in [-0.15, -0.1) is 0 Å². The second-order valence-electron chi connectivity index (χ2n) is 6.11. The maximum atomic E-state index is 12.4. The van der Waals surface area contributed by atoms with Crippen molar-refractivity contribution in [2.75, 3.05) is 25.6 Å². The van der Waals surface area contributed by atoms with E-state index < -0.39 is 10.0 Å². The molecule has 1 fully saturated rings. The summed E-state index contributed by atoms with van der Waals surface area (Å²) in [5.74, 6) is 1.24. The van der Waals surface area contributed by atoms with Crippen LogP contribution in [0.15, 0.2) is 45.8 Å². The van der Waals surface area contributed by atoms with E-state index in [1.807, 2.05) is 0 Å². The fraction of sp³-hybridized carbons (Fsp3) is 0.333. The van der Waals surface area contributed by atoms with Crippen molar-refractivity contribution < 1.29 is 17.9 Å². The van der Waals surface area contributed by atoms with Crippen LogP contribution in [0.1, 0.15) is 12.8 Å². The molecule has 2 N–H and O–H groups in total. The van der Waals surface area contributed by atoms with Gasteiger partial charge in [0.15, 0.2) is 0 Å². The molecule has 6 nitrogen and oxygen atoms in total. The van der Waals surface area contributed by atoms with E-state index in [-0.39, 0.29) is 10.9 Å². The Bertz CT molecular complexity index is 920. The predicted octanol–water partition coefficient (Wildman–Crippen LogP) is 4.04. The summed E-state index contributed by atoms with van der Waals surface area (Å²) >= 11 is 9.31. The molecule has 0 spiro atoms.